The third kappa shape index (κ3) is 3.49. The van der Waals surface area contributed by atoms with Crippen molar-refractivity contribution in [1.82, 2.24) is 14.5 Å². The first-order chi connectivity index (χ1) is 13.2. The number of nitrogens with zero attached hydrogens (tertiary/aromatic N) is 3. The van der Waals surface area contributed by atoms with Crippen LogP contribution in [-0.2, 0) is 6.54 Å². The van der Waals surface area contributed by atoms with E-state index in [-0.39, 0.29) is 5.91 Å². The molecule has 0 unspecified atom stereocenters. The number of anilines is 1. The molecule has 0 saturated carbocycles. The van der Waals surface area contributed by atoms with Gasteiger partial charge in [-0.05, 0) is 50.2 Å². The molecule has 3 heterocycles. The van der Waals surface area contributed by atoms with E-state index in [2.05, 4.69) is 19.9 Å². The summed E-state index contributed by atoms with van der Waals surface area (Å²) in [5, 5.41) is 3.36. The summed E-state index contributed by atoms with van der Waals surface area (Å²) in [7, 11) is 0. The van der Waals surface area contributed by atoms with Gasteiger partial charge in [0.2, 0.25) is 0 Å². The van der Waals surface area contributed by atoms with Gasteiger partial charge in [0.1, 0.15) is 11.6 Å². The van der Waals surface area contributed by atoms with Crippen molar-refractivity contribution in [2.75, 3.05) is 11.9 Å². The van der Waals surface area contributed by atoms with Crippen molar-refractivity contribution in [1.29, 1.82) is 0 Å². The third-order valence-corrected chi connectivity index (χ3v) is 5.20. The van der Waals surface area contributed by atoms with Crippen molar-refractivity contribution in [3.63, 3.8) is 0 Å². The van der Waals surface area contributed by atoms with E-state index in [9.17, 15) is 4.79 Å². The lowest BCUT2D eigenvalue weighted by molar-refractivity contribution is 0.102. The molecule has 3 N–H and O–H groups in total. The maximum atomic E-state index is 12.6. The molecule has 0 atom stereocenters. The van der Waals surface area contributed by atoms with Crippen LogP contribution >= 0.6 is 11.3 Å². The first-order valence-electron chi connectivity index (χ1n) is 8.63. The average Bonchev–Trinajstić information content (AvgIpc) is 3.39. The normalized spacial score (nSPS) is 11.2. The summed E-state index contributed by atoms with van der Waals surface area (Å²) < 4.78 is 7.48. The summed E-state index contributed by atoms with van der Waals surface area (Å²) in [4.78, 5) is 22.3. The molecule has 4 aromatic rings. The highest BCUT2D eigenvalue weighted by Crippen LogP contribution is 2.29. The van der Waals surface area contributed by atoms with Gasteiger partial charge in [-0.3, -0.25) is 10.1 Å². The van der Waals surface area contributed by atoms with Gasteiger partial charge in [-0.15, -0.1) is 0 Å². The third-order valence-electron chi connectivity index (χ3n) is 4.28. The number of furan rings is 1. The number of carbonyl (C=O) groups is 1. The first kappa shape index (κ1) is 17.4. The number of thiazole rings is 1. The minimum Gasteiger partial charge on any atom is -0.463 e. The van der Waals surface area contributed by atoms with Gasteiger partial charge in [0, 0.05) is 12.1 Å². The van der Waals surface area contributed by atoms with Crippen molar-refractivity contribution in [3.8, 4) is 10.6 Å². The van der Waals surface area contributed by atoms with Crippen molar-refractivity contribution in [2.24, 2.45) is 5.73 Å². The molecule has 1 aromatic carbocycles. The monoisotopic (exact) mass is 381 g/mol. The lowest BCUT2D eigenvalue weighted by atomic mass is 10.2. The number of carbonyl (C=O) groups excluding carboxylic acids is 1. The lowest BCUT2D eigenvalue weighted by Gasteiger charge is -2.06. The number of aryl methyl sites for hydroxylation is 2. The number of rotatable bonds is 6. The van der Waals surface area contributed by atoms with E-state index in [0.29, 0.717) is 17.2 Å². The molecule has 138 valence electrons. The predicted molar refractivity (Wildman–Crippen MR) is 106 cm³/mol. The number of imidazole rings is 1. The highest BCUT2D eigenvalue weighted by atomic mass is 32.1. The molecule has 7 nitrogen and oxygen atoms in total. The molecule has 1 amide bonds. The summed E-state index contributed by atoms with van der Waals surface area (Å²) >= 11 is 1.36. The highest BCUT2D eigenvalue weighted by molar-refractivity contribution is 7.19. The number of aromatic nitrogens is 3. The molecular formula is C19H19N5O2S. The molecule has 4 rings (SSSR count). The summed E-state index contributed by atoms with van der Waals surface area (Å²) in [6.07, 6.45) is 4.18. The lowest BCUT2D eigenvalue weighted by Crippen LogP contribution is -2.11. The Morgan fingerprint density at radius 2 is 2.26 bits per heavy atom. The fourth-order valence-electron chi connectivity index (χ4n) is 2.96. The zero-order chi connectivity index (χ0) is 18.8. The Morgan fingerprint density at radius 1 is 1.37 bits per heavy atom. The van der Waals surface area contributed by atoms with E-state index >= 15 is 0 Å². The van der Waals surface area contributed by atoms with Crippen molar-refractivity contribution in [3.05, 3.63) is 54.2 Å². The molecular weight excluding hydrogens is 362 g/mol. The van der Waals surface area contributed by atoms with Crippen LogP contribution in [0, 0.1) is 6.92 Å². The summed E-state index contributed by atoms with van der Waals surface area (Å²) in [6.45, 7) is 3.41. The molecule has 0 aliphatic heterocycles. The summed E-state index contributed by atoms with van der Waals surface area (Å²) in [6, 6.07) is 9.21. The average molecular weight is 381 g/mol. The van der Waals surface area contributed by atoms with Gasteiger partial charge in [0.15, 0.2) is 5.13 Å². The van der Waals surface area contributed by atoms with Gasteiger partial charge in [0.25, 0.3) is 5.91 Å². The molecule has 0 radical (unpaired) electrons. The second-order valence-electron chi connectivity index (χ2n) is 6.12. The van der Waals surface area contributed by atoms with Crippen LogP contribution in [0.2, 0.25) is 0 Å². The molecule has 8 heteroatoms. The van der Waals surface area contributed by atoms with Crippen molar-refractivity contribution >= 4 is 33.4 Å². The highest BCUT2D eigenvalue weighted by Gasteiger charge is 2.14. The smallest absolute Gasteiger partial charge is 0.257 e. The molecule has 0 spiro atoms. The van der Waals surface area contributed by atoms with E-state index in [1.165, 1.54) is 11.3 Å². The molecule has 3 aromatic heterocycles. The Kier molecular flexibility index (Phi) is 4.74. The van der Waals surface area contributed by atoms with Crippen LogP contribution in [0.15, 0.2) is 47.2 Å². The number of hydrogen-bond acceptors (Lipinski definition) is 6. The summed E-state index contributed by atoms with van der Waals surface area (Å²) in [5.41, 5.74) is 7.96. The van der Waals surface area contributed by atoms with E-state index in [1.807, 2.05) is 25.1 Å². The van der Waals surface area contributed by atoms with Gasteiger partial charge in [-0.1, -0.05) is 11.3 Å². The Bertz CT molecular complexity index is 1080. The Morgan fingerprint density at radius 3 is 3.04 bits per heavy atom. The Labute approximate surface area is 159 Å². The minimum atomic E-state index is -0.216. The second-order valence-corrected chi connectivity index (χ2v) is 7.15. The minimum absolute atomic E-state index is 0.216. The van der Waals surface area contributed by atoms with Crippen molar-refractivity contribution in [2.45, 2.75) is 19.9 Å². The largest absolute Gasteiger partial charge is 0.463 e. The maximum Gasteiger partial charge on any atom is 0.257 e. The van der Waals surface area contributed by atoms with Gasteiger partial charge >= 0.3 is 0 Å². The Balaban J connectivity index is 1.54. The number of nitrogens with two attached hydrogens (primary N) is 1. The van der Waals surface area contributed by atoms with E-state index < -0.39 is 0 Å². The van der Waals surface area contributed by atoms with Crippen molar-refractivity contribution < 1.29 is 9.21 Å². The predicted octanol–water partition coefficient (Wildman–Crippen LogP) is 3.66. The standard InChI is InChI=1S/C19H19N5O2S/c1-12-22-14-10-13(5-6-15(14)24(12)8-3-7-20)18(25)23-19-21-11-17(27-19)16-4-2-9-26-16/h2,4-6,9-11H,3,7-8,20H2,1H3,(H,21,23,25). The van der Waals surface area contributed by atoms with Crippen LogP contribution in [-0.4, -0.2) is 27.0 Å². The van der Waals surface area contributed by atoms with Gasteiger partial charge < -0.3 is 14.7 Å². The fraction of sp³-hybridized carbons (Fsp3) is 0.211. The van der Waals surface area contributed by atoms with Crippen LogP contribution in [0.5, 0.6) is 0 Å². The second kappa shape index (κ2) is 7.34. The first-order valence-corrected chi connectivity index (χ1v) is 9.45. The van der Waals surface area contributed by atoms with E-state index in [4.69, 9.17) is 10.2 Å². The Hall–Kier alpha value is -2.97. The maximum absolute atomic E-state index is 12.6. The molecule has 0 bridgehead atoms. The number of amides is 1. The van der Waals surface area contributed by atoms with Gasteiger partial charge in [-0.2, -0.15) is 0 Å². The van der Waals surface area contributed by atoms with Crippen LogP contribution in [0.3, 0.4) is 0 Å². The molecule has 0 aliphatic rings. The van der Waals surface area contributed by atoms with E-state index in [0.717, 1.165) is 40.5 Å². The van der Waals surface area contributed by atoms with Crippen LogP contribution in [0.4, 0.5) is 5.13 Å². The molecule has 0 saturated heterocycles. The zero-order valence-corrected chi connectivity index (χ0v) is 15.6. The van der Waals surface area contributed by atoms with Crippen LogP contribution in [0.25, 0.3) is 21.7 Å². The van der Waals surface area contributed by atoms with Crippen LogP contribution in [0.1, 0.15) is 22.6 Å². The number of nitrogens with one attached hydrogen (secondary N) is 1. The molecule has 0 fully saturated rings. The zero-order valence-electron chi connectivity index (χ0n) is 14.8. The molecule has 27 heavy (non-hydrogen) atoms. The van der Waals surface area contributed by atoms with Gasteiger partial charge in [-0.25, -0.2) is 9.97 Å². The quantitative estimate of drug-likeness (QED) is 0.531. The number of benzene rings is 1. The van der Waals surface area contributed by atoms with E-state index in [1.54, 1.807) is 24.6 Å². The van der Waals surface area contributed by atoms with Gasteiger partial charge in [0.05, 0.1) is 28.4 Å². The number of hydrogen-bond donors (Lipinski definition) is 2. The summed E-state index contributed by atoms with van der Waals surface area (Å²) in [5.74, 6) is 1.43. The SMILES string of the molecule is Cc1nc2cc(C(=O)Nc3ncc(-c4ccco4)s3)ccc2n1CCCN. The van der Waals surface area contributed by atoms with Crippen LogP contribution < -0.4 is 11.1 Å². The number of fused-ring (bicyclic) bond motifs is 1. The molecule has 0 aliphatic carbocycles. The topological polar surface area (TPSA) is 99.0 Å². The fourth-order valence-corrected chi connectivity index (χ4v) is 3.74.